The fraction of sp³-hybridized carbons (Fsp3) is 1.00. The summed E-state index contributed by atoms with van der Waals surface area (Å²) < 4.78 is 11.1. The topological polar surface area (TPSA) is 41.9 Å². The van der Waals surface area contributed by atoms with Crippen molar-refractivity contribution in [2.24, 2.45) is 17.8 Å². The second-order valence-electron chi connectivity index (χ2n) is 6.54. The van der Waals surface area contributed by atoms with Crippen LogP contribution >= 0.6 is 0 Å². The van der Waals surface area contributed by atoms with Gasteiger partial charge < -0.3 is 14.6 Å². The van der Waals surface area contributed by atoms with E-state index in [1.165, 1.54) is 25.7 Å². The molecule has 19 heavy (non-hydrogen) atoms. The summed E-state index contributed by atoms with van der Waals surface area (Å²) in [6, 6.07) is 0. The molecule has 2 saturated carbocycles. The second kappa shape index (κ2) is 6.53. The number of morpholine rings is 1. The van der Waals surface area contributed by atoms with E-state index in [0.717, 1.165) is 57.2 Å². The van der Waals surface area contributed by atoms with Gasteiger partial charge in [-0.25, -0.2) is 0 Å². The fourth-order valence-corrected chi connectivity index (χ4v) is 4.07. The van der Waals surface area contributed by atoms with Gasteiger partial charge in [-0.3, -0.25) is 4.90 Å². The number of nitrogens with zero attached hydrogens (tertiary/aromatic N) is 1. The van der Waals surface area contributed by atoms with Gasteiger partial charge in [0.2, 0.25) is 0 Å². The molecule has 3 fully saturated rings. The molecule has 1 saturated heterocycles. The lowest BCUT2D eigenvalue weighted by atomic mass is 9.90. The summed E-state index contributed by atoms with van der Waals surface area (Å²) in [6.45, 7) is 5.52. The zero-order valence-electron chi connectivity index (χ0n) is 11.8. The van der Waals surface area contributed by atoms with Crippen molar-refractivity contribution in [3.63, 3.8) is 0 Å². The van der Waals surface area contributed by atoms with E-state index in [9.17, 15) is 5.11 Å². The van der Waals surface area contributed by atoms with Crippen LogP contribution < -0.4 is 0 Å². The van der Waals surface area contributed by atoms with Gasteiger partial charge in [-0.15, -0.1) is 0 Å². The third-order valence-corrected chi connectivity index (χ3v) is 5.10. The number of β-amino-alcohol motifs (C(OH)–C–C–N with tert-alkyl or cyclic N) is 1. The number of hydrogen-bond donors (Lipinski definition) is 1. The van der Waals surface area contributed by atoms with E-state index in [0.29, 0.717) is 6.61 Å². The van der Waals surface area contributed by atoms with E-state index in [2.05, 4.69) is 4.90 Å². The van der Waals surface area contributed by atoms with Crippen LogP contribution in [-0.4, -0.2) is 62.2 Å². The molecule has 4 heteroatoms. The van der Waals surface area contributed by atoms with Gasteiger partial charge in [0.25, 0.3) is 0 Å². The molecule has 3 aliphatic rings. The molecule has 0 amide bonds. The van der Waals surface area contributed by atoms with E-state index in [4.69, 9.17) is 9.47 Å². The molecule has 0 aromatic heterocycles. The van der Waals surface area contributed by atoms with Crippen LogP contribution in [0.3, 0.4) is 0 Å². The second-order valence-corrected chi connectivity index (χ2v) is 6.54. The van der Waals surface area contributed by atoms with Gasteiger partial charge >= 0.3 is 0 Å². The number of aliphatic hydroxyl groups is 1. The summed E-state index contributed by atoms with van der Waals surface area (Å²) in [4.78, 5) is 2.26. The van der Waals surface area contributed by atoms with Crippen LogP contribution in [0.4, 0.5) is 0 Å². The predicted octanol–water partition coefficient (Wildman–Crippen LogP) is 1.13. The third-order valence-electron chi connectivity index (χ3n) is 5.10. The number of fused-ring (bicyclic) bond motifs is 2. The normalized spacial score (nSPS) is 36.8. The Morgan fingerprint density at radius 1 is 1.21 bits per heavy atom. The first-order valence-electron chi connectivity index (χ1n) is 7.87. The highest BCUT2D eigenvalue weighted by atomic mass is 16.5. The maximum atomic E-state index is 10.00. The van der Waals surface area contributed by atoms with E-state index in [1.807, 2.05) is 0 Å². The number of hydrogen-bond acceptors (Lipinski definition) is 4. The molecule has 1 heterocycles. The average Bonchev–Trinajstić information content (AvgIpc) is 3.02. The molecule has 110 valence electrons. The Hall–Kier alpha value is -0.160. The molecule has 2 bridgehead atoms. The van der Waals surface area contributed by atoms with Gasteiger partial charge in [-0.2, -0.15) is 0 Å². The van der Waals surface area contributed by atoms with Crippen LogP contribution in [0.2, 0.25) is 0 Å². The van der Waals surface area contributed by atoms with Crippen molar-refractivity contribution in [2.75, 3.05) is 46.1 Å². The minimum Gasteiger partial charge on any atom is -0.389 e. The molecule has 0 unspecified atom stereocenters. The Kier molecular flexibility index (Phi) is 4.74. The highest BCUT2D eigenvalue weighted by molar-refractivity contribution is 4.89. The minimum atomic E-state index is -0.350. The zero-order valence-corrected chi connectivity index (χ0v) is 11.8. The summed E-state index contributed by atoms with van der Waals surface area (Å²) in [5, 5.41) is 10.00. The maximum Gasteiger partial charge on any atom is 0.0900 e. The van der Waals surface area contributed by atoms with Crippen molar-refractivity contribution in [3.05, 3.63) is 0 Å². The largest absolute Gasteiger partial charge is 0.389 e. The molecule has 0 spiro atoms. The van der Waals surface area contributed by atoms with Crippen LogP contribution in [0, 0.1) is 17.8 Å². The van der Waals surface area contributed by atoms with Crippen molar-refractivity contribution in [2.45, 2.75) is 31.8 Å². The summed E-state index contributed by atoms with van der Waals surface area (Å²) >= 11 is 0. The molecular weight excluding hydrogens is 242 g/mol. The van der Waals surface area contributed by atoms with Gasteiger partial charge in [0.1, 0.15) is 0 Å². The van der Waals surface area contributed by atoms with E-state index in [-0.39, 0.29) is 6.10 Å². The Bertz CT molecular complexity index is 281. The van der Waals surface area contributed by atoms with Gasteiger partial charge in [0.15, 0.2) is 0 Å². The Labute approximate surface area is 116 Å². The van der Waals surface area contributed by atoms with Crippen LogP contribution in [0.15, 0.2) is 0 Å². The van der Waals surface area contributed by atoms with Crippen molar-refractivity contribution in [1.82, 2.24) is 4.90 Å². The van der Waals surface area contributed by atoms with Gasteiger partial charge in [0.05, 0.1) is 25.9 Å². The Morgan fingerprint density at radius 2 is 2.05 bits per heavy atom. The SMILES string of the molecule is O[C@@H](COC[C@H]1C[C@H]2CC[C@H]1C2)CN1CCOCC1. The quantitative estimate of drug-likeness (QED) is 0.785. The summed E-state index contributed by atoms with van der Waals surface area (Å²) in [7, 11) is 0. The molecule has 0 radical (unpaired) electrons. The van der Waals surface area contributed by atoms with Crippen molar-refractivity contribution < 1.29 is 14.6 Å². The van der Waals surface area contributed by atoms with Crippen LogP contribution in [-0.2, 0) is 9.47 Å². The number of aliphatic hydroxyl groups excluding tert-OH is 1. The predicted molar refractivity (Wildman–Crippen MR) is 73.0 cm³/mol. The molecule has 0 aromatic carbocycles. The fourth-order valence-electron chi connectivity index (χ4n) is 4.07. The molecule has 3 rings (SSSR count). The van der Waals surface area contributed by atoms with Crippen LogP contribution in [0.5, 0.6) is 0 Å². The zero-order chi connectivity index (χ0) is 13.1. The highest BCUT2D eigenvalue weighted by Gasteiger charge is 2.39. The van der Waals surface area contributed by atoms with Gasteiger partial charge in [0, 0.05) is 26.2 Å². The molecule has 2 aliphatic carbocycles. The van der Waals surface area contributed by atoms with Crippen molar-refractivity contribution in [1.29, 1.82) is 0 Å². The molecule has 1 N–H and O–H groups in total. The first-order chi connectivity index (χ1) is 9.31. The maximum absolute atomic E-state index is 10.00. The summed E-state index contributed by atoms with van der Waals surface area (Å²) in [5.74, 6) is 2.67. The van der Waals surface area contributed by atoms with E-state index >= 15 is 0 Å². The van der Waals surface area contributed by atoms with E-state index in [1.54, 1.807) is 0 Å². The third kappa shape index (κ3) is 3.69. The molecular formula is C15H27NO3. The van der Waals surface area contributed by atoms with Crippen molar-refractivity contribution in [3.8, 4) is 0 Å². The number of rotatable bonds is 6. The van der Waals surface area contributed by atoms with E-state index < -0.39 is 0 Å². The molecule has 4 atom stereocenters. The summed E-state index contributed by atoms with van der Waals surface area (Å²) in [6.07, 6.45) is 5.31. The smallest absolute Gasteiger partial charge is 0.0900 e. The van der Waals surface area contributed by atoms with Crippen LogP contribution in [0.1, 0.15) is 25.7 Å². The first-order valence-corrected chi connectivity index (χ1v) is 7.87. The molecule has 1 aliphatic heterocycles. The Balaban J connectivity index is 1.29. The highest BCUT2D eigenvalue weighted by Crippen LogP contribution is 2.48. The number of ether oxygens (including phenoxy) is 2. The lowest BCUT2D eigenvalue weighted by molar-refractivity contribution is -0.0232. The molecule has 4 nitrogen and oxygen atoms in total. The lowest BCUT2D eigenvalue weighted by Crippen LogP contribution is -2.42. The van der Waals surface area contributed by atoms with Gasteiger partial charge in [-0.1, -0.05) is 6.42 Å². The van der Waals surface area contributed by atoms with Crippen LogP contribution in [0.25, 0.3) is 0 Å². The standard InChI is InChI=1S/C15H27NO3/c17-15(9-16-3-5-18-6-4-16)11-19-10-14-8-12-1-2-13(14)7-12/h12-15,17H,1-11H2/t12-,13-,14+,15+/m0/s1. The lowest BCUT2D eigenvalue weighted by Gasteiger charge is -2.28. The Morgan fingerprint density at radius 3 is 2.74 bits per heavy atom. The van der Waals surface area contributed by atoms with Crippen molar-refractivity contribution >= 4 is 0 Å². The first kappa shape index (κ1) is 13.8. The molecule has 0 aromatic rings. The van der Waals surface area contributed by atoms with Gasteiger partial charge in [-0.05, 0) is 37.0 Å². The average molecular weight is 269 g/mol. The monoisotopic (exact) mass is 269 g/mol. The minimum absolute atomic E-state index is 0.350. The summed E-state index contributed by atoms with van der Waals surface area (Å²) in [5.41, 5.74) is 0.